The molecular formula is C29H37N5O2. The Hall–Kier alpha value is -3.32. The van der Waals surface area contributed by atoms with Gasteiger partial charge in [0.15, 0.2) is 0 Å². The molecule has 0 aliphatic carbocycles. The molecule has 1 aromatic heterocycles. The van der Waals surface area contributed by atoms with E-state index in [1.165, 1.54) is 36.0 Å². The van der Waals surface area contributed by atoms with Crippen LogP contribution in [0.4, 0.5) is 11.8 Å². The van der Waals surface area contributed by atoms with E-state index in [0.29, 0.717) is 17.7 Å². The fourth-order valence-electron chi connectivity index (χ4n) is 5.41. The van der Waals surface area contributed by atoms with Crippen LogP contribution in [0.2, 0.25) is 0 Å². The Morgan fingerprint density at radius 3 is 2.72 bits per heavy atom. The lowest BCUT2D eigenvalue weighted by Gasteiger charge is -2.38. The molecule has 3 unspecified atom stereocenters. The van der Waals surface area contributed by atoms with Gasteiger partial charge in [0, 0.05) is 32.9 Å². The predicted octanol–water partition coefficient (Wildman–Crippen LogP) is 4.50. The number of phenols is 1. The number of aromatic nitrogens is 2. The molecule has 1 fully saturated rings. The molecule has 0 saturated carbocycles. The van der Waals surface area contributed by atoms with Crippen molar-refractivity contribution in [3.8, 4) is 11.5 Å². The van der Waals surface area contributed by atoms with Gasteiger partial charge in [-0.3, -0.25) is 0 Å². The minimum Gasteiger partial charge on any atom is -0.508 e. The Labute approximate surface area is 214 Å². The number of anilines is 2. The molecule has 2 aromatic carbocycles. The van der Waals surface area contributed by atoms with Crippen molar-refractivity contribution in [1.29, 1.82) is 0 Å². The van der Waals surface area contributed by atoms with Crippen molar-refractivity contribution in [2.45, 2.75) is 57.2 Å². The zero-order valence-electron chi connectivity index (χ0n) is 21.5. The fraction of sp³-hybridized carbons (Fsp3) is 0.448. The van der Waals surface area contributed by atoms with Gasteiger partial charge >= 0.3 is 0 Å². The molecule has 36 heavy (non-hydrogen) atoms. The topological polar surface area (TPSA) is 73.8 Å². The van der Waals surface area contributed by atoms with Crippen molar-refractivity contribution >= 4 is 11.8 Å². The molecule has 0 spiro atoms. The van der Waals surface area contributed by atoms with Crippen LogP contribution in [-0.2, 0) is 12.8 Å². The van der Waals surface area contributed by atoms with Crippen molar-refractivity contribution in [2.24, 2.45) is 0 Å². The summed E-state index contributed by atoms with van der Waals surface area (Å²) < 4.78 is 6.27. The molecule has 7 nitrogen and oxygen atoms in total. The van der Waals surface area contributed by atoms with Gasteiger partial charge in [0.25, 0.3) is 0 Å². The molecule has 0 bridgehead atoms. The van der Waals surface area contributed by atoms with E-state index in [0.717, 1.165) is 37.5 Å². The molecular weight excluding hydrogens is 450 g/mol. The van der Waals surface area contributed by atoms with Gasteiger partial charge in [-0.15, -0.1) is 0 Å². The van der Waals surface area contributed by atoms with E-state index in [1.807, 2.05) is 37.3 Å². The number of hydrogen-bond acceptors (Lipinski definition) is 7. The quantitative estimate of drug-likeness (QED) is 0.508. The zero-order valence-corrected chi connectivity index (χ0v) is 21.5. The summed E-state index contributed by atoms with van der Waals surface area (Å²) in [4.78, 5) is 13.5. The third kappa shape index (κ3) is 5.41. The largest absolute Gasteiger partial charge is 0.508 e. The third-order valence-electron chi connectivity index (χ3n) is 7.40. The Morgan fingerprint density at radius 1 is 1.14 bits per heavy atom. The first-order valence-corrected chi connectivity index (χ1v) is 13.1. The van der Waals surface area contributed by atoms with Crippen LogP contribution in [0.5, 0.6) is 11.5 Å². The molecule has 3 aromatic rings. The summed E-state index contributed by atoms with van der Waals surface area (Å²) in [6, 6.07) is 16.8. The van der Waals surface area contributed by atoms with Gasteiger partial charge in [0.2, 0.25) is 5.95 Å². The summed E-state index contributed by atoms with van der Waals surface area (Å²) in [5.41, 5.74) is 3.68. The maximum atomic E-state index is 10.1. The highest BCUT2D eigenvalue weighted by atomic mass is 16.5. The van der Waals surface area contributed by atoms with Crippen LogP contribution in [0.15, 0.2) is 54.7 Å². The Morgan fingerprint density at radius 2 is 1.97 bits per heavy atom. The number of rotatable bonds is 7. The van der Waals surface area contributed by atoms with Crippen molar-refractivity contribution in [1.82, 2.24) is 15.3 Å². The monoisotopic (exact) mass is 487 g/mol. The number of ether oxygens (including phenoxy) is 1. The smallest absolute Gasteiger partial charge is 0.226 e. The Balaban J connectivity index is 1.37. The molecule has 0 radical (unpaired) electrons. The van der Waals surface area contributed by atoms with Crippen LogP contribution in [-0.4, -0.2) is 54.4 Å². The average Bonchev–Trinajstić information content (AvgIpc) is 2.90. The molecule has 190 valence electrons. The number of piperidine rings is 1. The first-order valence-electron chi connectivity index (χ1n) is 13.1. The van der Waals surface area contributed by atoms with Crippen molar-refractivity contribution in [3.05, 3.63) is 71.4 Å². The molecule has 2 N–H and O–H groups in total. The summed E-state index contributed by atoms with van der Waals surface area (Å²) in [6.45, 7) is 4.07. The molecule has 2 aliphatic rings. The van der Waals surface area contributed by atoms with Crippen LogP contribution in [0, 0.1) is 0 Å². The summed E-state index contributed by atoms with van der Waals surface area (Å²) in [5.74, 6) is 2.86. The van der Waals surface area contributed by atoms with Gasteiger partial charge in [0.05, 0.1) is 6.04 Å². The molecule has 5 rings (SSSR count). The molecule has 7 heteroatoms. The van der Waals surface area contributed by atoms with Gasteiger partial charge in [-0.2, -0.15) is 4.98 Å². The maximum absolute atomic E-state index is 10.1. The first-order chi connectivity index (χ1) is 17.5. The van der Waals surface area contributed by atoms with Crippen molar-refractivity contribution in [2.75, 3.05) is 37.0 Å². The van der Waals surface area contributed by atoms with Crippen LogP contribution in [0.1, 0.15) is 48.9 Å². The number of phenolic OH excluding ortho intramolecular Hbond substituents is 1. The van der Waals surface area contributed by atoms with E-state index in [2.05, 4.69) is 52.5 Å². The lowest BCUT2D eigenvalue weighted by atomic mass is 9.88. The van der Waals surface area contributed by atoms with E-state index in [1.54, 1.807) is 6.07 Å². The fourth-order valence-corrected chi connectivity index (χ4v) is 5.41. The van der Waals surface area contributed by atoms with Gasteiger partial charge in [-0.05, 0) is 86.2 Å². The van der Waals surface area contributed by atoms with E-state index >= 15 is 0 Å². The number of nitrogens with one attached hydrogen (secondary N) is 1. The highest BCUT2D eigenvalue weighted by Crippen LogP contribution is 2.37. The minimum atomic E-state index is 0.108. The summed E-state index contributed by atoms with van der Waals surface area (Å²) in [7, 11) is 3.92. The minimum absolute atomic E-state index is 0.108. The van der Waals surface area contributed by atoms with Gasteiger partial charge in [-0.1, -0.05) is 24.6 Å². The Bertz CT molecular complexity index is 1160. The number of benzene rings is 2. The van der Waals surface area contributed by atoms with Crippen molar-refractivity contribution in [3.63, 3.8) is 0 Å². The second-order valence-electron chi connectivity index (χ2n) is 10.2. The zero-order chi connectivity index (χ0) is 25.1. The van der Waals surface area contributed by atoms with Crippen LogP contribution < -0.4 is 19.9 Å². The van der Waals surface area contributed by atoms with E-state index in [9.17, 15) is 5.11 Å². The third-order valence-corrected chi connectivity index (χ3v) is 7.40. The highest BCUT2D eigenvalue weighted by Gasteiger charge is 2.29. The maximum Gasteiger partial charge on any atom is 0.226 e. The van der Waals surface area contributed by atoms with Gasteiger partial charge in [-0.25, -0.2) is 4.98 Å². The summed E-state index contributed by atoms with van der Waals surface area (Å²) in [6.07, 6.45) is 7.36. The molecule has 0 amide bonds. The summed E-state index contributed by atoms with van der Waals surface area (Å²) in [5, 5.41) is 13.7. The predicted molar refractivity (Wildman–Crippen MR) is 144 cm³/mol. The number of aromatic hydroxyl groups is 1. The summed E-state index contributed by atoms with van der Waals surface area (Å²) >= 11 is 0. The molecule has 3 heterocycles. The second-order valence-corrected chi connectivity index (χ2v) is 10.2. The average molecular weight is 488 g/mol. The number of nitrogens with zero attached hydrogens (tertiary/aromatic N) is 4. The SMILES string of the molecule is CC(Oc1ccc(CC2c3ccc(O)cc3CCN2c2ccnc(N(C)C)n2)cc1)C1CCCCN1. The lowest BCUT2D eigenvalue weighted by molar-refractivity contribution is 0.152. The lowest BCUT2D eigenvalue weighted by Crippen LogP contribution is -2.44. The number of fused-ring (bicyclic) bond motifs is 1. The normalized spacial score (nSPS) is 20.5. The van der Waals surface area contributed by atoms with Crippen LogP contribution in [0.3, 0.4) is 0 Å². The van der Waals surface area contributed by atoms with Gasteiger partial charge in [0.1, 0.15) is 23.4 Å². The second kappa shape index (κ2) is 10.7. The molecule has 3 atom stereocenters. The van der Waals surface area contributed by atoms with Gasteiger partial charge < -0.3 is 25.0 Å². The highest BCUT2D eigenvalue weighted by molar-refractivity contribution is 5.51. The molecule has 1 saturated heterocycles. The Kier molecular flexibility index (Phi) is 7.28. The first kappa shape index (κ1) is 24.4. The van der Waals surface area contributed by atoms with Crippen LogP contribution in [0.25, 0.3) is 0 Å². The van der Waals surface area contributed by atoms with E-state index in [4.69, 9.17) is 9.72 Å². The standard InChI is InChI=1S/C29H37N5O2/c1-20(26-6-4-5-15-30-26)36-24-10-7-21(8-11-24)18-27-25-12-9-23(35)19-22(25)14-17-34(27)28-13-16-31-29(32-28)33(2)3/h7-13,16,19-20,26-27,30,35H,4-6,14-15,17-18H2,1-3H3. The van der Waals surface area contributed by atoms with Crippen molar-refractivity contribution < 1.29 is 9.84 Å². The van der Waals surface area contributed by atoms with E-state index < -0.39 is 0 Å². The molecule has 2 aliphatic heterocycles. The van der Waals surface area contributed by atoms with Crippen LogP contribution >= 0.6 is 0 Å². The van der Waals surface area contributed by atoms with E-state index in [-0.39, 0.29) is 12.1 Å². The number of hydrogen-bond donors (Lipinski definition) is 2.